The number of amides is 2. The van der Waals surface area contributed by atoms with Crippen molar-refractivity contribution in [2.75, 3.05) is 26.2 Å². The number of nitro groups is 1. The number of aryl methyl sites for hydroxylation is 1. The largest absolute Gasteiger partial charge is 0.335 e. The van der Waals surface area contributed by atoms with E-state index in [9.17, 15) is 19.7 Å². The fourth-order valence-electron chi connectivity index (χ4n) is 3.87. The van der Waals surface area contributed by atoms with Crippen molar-refractivity contribution >= 4 is 17.5 Å². The third-order valence-corrected chi connectivity index (χ3v) is 5.40. The Bertz CT molecular complexity index is 930. The normalized spacial score (nSPS) is 16.6. The summed E-state index contributed by atoms with van der Waals surface area (Å²) in [5.74, 6) is -0.428. The number of carbonyl (C=O) groups is 2. The summed E-state index contributed by atoms with van der Waals surface area (Å²) in [7, 11) is 0. The first-order valence-corrected chi connectivity index (χ1v) is 9.43. The molecule has 0 unspecified atom stereocenters. The molecule has 2 amide bonds. The van der Waals surface area contributed by atoms with Crippen LogP contribution in [0.3, 0.4) is 0 Å². The number of fused-ring (bicyclic) bond motifs is 1. The van der Waals surface area contributed by atoms with Crippen molar-refractivity contribution in [2.45, 2.75) is 25.8 Å². The van der Waals surface area contributed by atoms with E-state index in [2.05, 4.69) is 5.10 Å². The average Bonchev–Trinajstić information content (AvgIpc) is 3.17. The predicted octanol–water partition coefficient (Wildman–Crippen LogP) is 1.73. The number of carbonyl (C=O) groups excluding carboxylic acids is 2. The number of hydrogen-bond acceptors (Lipinski definition) is 5. The molecular formula is C19H21N5O4. The molecule has 9 nitrogen and oxygen atoms in total. The fraction of sp³-hybridized carbons (Fsp3) is 0.421. The third-order valence-electron chi connectivity index (χ3n) is 5.40. The lowest BCUT2D eigenvalue weighted by molar-refractivity contribution is -0.385. The Morgan fingerprint density at radius 3 is 2.25 bits per heavy atom. The van der Waals surface area contributed by atoms with Gasteiger partial charge in [-0.2, -0.15) is 5.10 Å². The second kappa shape index (κ2) is 7.41. The SMILES string of the molecule is O=C(c1ccccc1[N+](=O)[O-])N1CCN(C(=O)c2cnn3c2CCCC3)CC1. The van der Waals surface area contributed by atoms with Crippen molar-refractivity contribution in [3.8, 4) is 0 Å². The molecule has 28 heavy (non-hydrogen) atoms. The monoisotopic (exact) mass is 383 g/mol. The molecule has 4 rings (SSSR count). The summed E-state index contributed by atoms with van der Waals surface area (Å²) in [5.41, 5.74) is 1.53. The van der Waals surface area contributed by atoms with Gasteiger partial charge in [0.15, 0.2) is 0 Å². The van der Waals surface area contributed by atoms with Gasteiger partial charge in [0.2, 0.25) is 0 Å². The van der Waals surface area contributed by atoms with Gasteiger partial charge in [0, 0.05) is 38.8 Å². The van der Waals surface area contributed by atoms with Gasteiger partial charge in [-0.05, 0) is 25.3 Å². The van der Waals surface area contributed by atoms with Gasteiger partial charge < -0.3 is 9.80 Å². The van der Waals surface area contributed by atoms with E-state index < -0.39 is 4.92 Å². The van der Waals surface area contributed by atoms with E-state index in [0.717, 1.165) is 31.5 Å². The van der Waals surface area contributed by atoms with E-state index in [1.807, 2.05) is 4.68 Å². The van der Waals surface area contributed by atoms with E-state index in [0.29, 0.717) is 31.7 Å². The van der Waals surface area contributed by atoms with Crippen molar-refractivity contribution in [3.63, 3.8) is 0 Å². The van der Waals surface area contributed by atoms with Crippen LogP contribution in [0.25, 0.3) is 0 Å². The highest BCUT2D eigenvalue weighted by Crippen LogP contribution is 2.22. The van der Waals surface area contributed by atoms with Crippen LogP contribution >= 0.6 is 0 Å². The highest BCUT2D eigenvalue weighted by molar-refractivity contribution is 5.98. The van der Waals surface area contributed by atoms with Gasteiger partial charge in [-0.15, -0.1) is 0 Å². The van der Waals surface area contributed by atoms with E-state index >= 15 is 0 Å². The Balaban J connectivity index is 1.44. The van der Waals surface area contributed by atoms with Crippen LogP contribution in [-0.2, 0) is 13.0 Å². The molecule has 0 atom stereocenters. The molecule has 1 saturated heterocycles. The zero-order valence-corrected chi connectivity index (χ0v) is 15.4. The summed E-state index contributed by atoms with van der Waals surface area (Å²) in [5, 5.41) is 15.5. The highest BCUT2D eigenvalue weighted by atomic mass is 16.6. The molecule has 2 aliphatic heterocycles. The maximum Gasteiger partial charge on any atom is 0.282 e. The van der Waals surface area contributed by atoms with Crippen LogP contribution in [0.4, 0.5) is 5.69 Å². The molecule has 146 valence electrons. The first kappa shape index (κ1) is 18.1. The minimum Gasteiger partial charge on any atom is -0.335 e. The van der Waals surface area contributed by atoms with Crippen LogP contribution in [0, 0.1) is 10.1 Å². The van der Waals surface area contributed by atoms with Gasteiger partial charge in [0.1, 0.15) is 5.56 Å². The van der Waals surface area contributed by atoms with E-state index in [1.165, 1.54) is 18.2 Å². The van der Waals surface area contributed by atoms with E-state index in [1.54, 1.807) is 22.1 Å². The summed E-state index contributed by atoms with van der Waals surface area (Å²) in [6.07, 6.45) is 4.64. The quantitative estimate of drug-likeness (QED) is 0.593. The summed E-state index contributed by atoms with van der Waals surface area (Å²) in [6, 6.07) is 5.95. The summed E-state index contributed by atoms with van der Waals surface area (Å²) >= 11 is 0. The lowest BCUT2D eigenvalue weighted by Gasteiger charge is -2.34. The molecule has 0 saturated carbocycles. The first-order chi connectivity index (χ1) is 13.6. The van der Waals surface area contributed by atoms with E-state index in [-0.39, 0.29) is 23.1 Å². The van der Waals surface area contributed by atoms with Crippen molar-refractivity contribution in [3.05, 3.63) is 57.4 Å². The Kier molecular flexibility index (Phi) is 4.81. The zero-order valence-electron chi connectivity index (χ0n) is 15.4. The minimum atomic E-state index is -0.545. The van der Waals surface area contributed by atoms with Gasteiger partial charge >= 0.3 is 0 Å². The molecule has 0 spiro atoms. The number of piperazine rings is 1. The van der Waals surface area contributed by atoms with Gasteiger partial charge in [-0.25, -0.2) is 0 Å². The lowest BCUT2D eigenvalue weighted by Crippen LogP contribution is -2.50. The highest BCUT2D eigenvalue weighted by Gasteiger charge is 2.30. The number of benzene rings is 1. The topological polar surface area (TPSA) is 102 Å². The summed E-state index contributed by atoms with van der Waals surface area (Å²) < 4.78 is 1.91. The maximum absolute atomic E-state index is 12.9. The van der Waals surface area contributed by atoms with Crippen LogP contribution in [0.5, 0.6) is 0 Å². The van der Waals surface area contributed by atoms with Gasteiger partial charge in [-0.3, -0.25) is 24.4 Å². The van der Waals surface area contributed by atoms with Gasteiger partial charge in [0.05, 0.1) is 22.4 Å². The summed E-state index contributed by atoms with van der Waals surface area (Å²) in [4.78, 5) is 39.6. The van der Waals surface area contributed by atoms with Crippen LogP contribution < -0.4 is 0 Å². The zero-order chi connectivity index (χ0) is 19.7. The Morgan fingerprint density at radius 2 is 1.57 bits per heavy atom. The molecule has 0 radical (unpaired) electrons. The molecular weight excluding hydrogens is 362 g/mol. The number of nitro benzene ring substituents is 1. The van der Waals surface area contributed by atoms with E-state index in [4.69, 9.17) is 0 Å². The molecule has 1 fully saturated rings. The van der Waals surface area contributed by atoms with Gasteiger partial charge in [-0.1, -0.05) is 12.1 Å². The second-order valence-corrected chi connectivity index (χ2v) is 7.04. The number of para-hydroxylation sites is 1. The Hall–Kier alpha value is -3.23. The number of nitrogens with zero attached hydrogens (tertiary/aromatic N) is 5. The molecule has 2 aromatic rings. The first-order valence-electron chi connectivity index (χ1n) is 9.43. The van der Waals surface area contributed by atoms with Crippen LogP contribution in [-0.4, -0.2) is 62.5 Å². The molecule has 1 aromatic heterocycles. The van der Waals surface area contributed by atoms with Crippen LogP contribution in [0.2, 0.25) is 0 Å². The second-order valence-electron chi connectivity index (χ2n) is 7.04. The fourth-order valence-corrected chi connectivity index (χ4v) is 3.87. The Morgan fingerprint density at radius 1 is 0.929 bits per heavy atom. The molecule has 0 aliphatic carbocycles. The van der Waals surface area contributed by atoms with Gasteiger partial charge in [0.25, 0.3) is 17.5 Å². The van der Waals surface area contributed by atoms with Crippen molar-refractivity contribution in [1.29, 1.82) is 0 Å². The van der Waals surface area contributed by atoms with Crippen molar-refractivity contribution < 1.29 is 14.5 Å². The lowest BCUT2D eigenvalue weighted by atomic mass is 10.1. The van der Waals surface area contributed by atoms with Crippen LogP contribution in [0.15, 0.2) is 30.5 Å². The van der Waals surface area contributed by atoms with Crippen molar-refractivity contribution in [2.24, 2.45) is 0 Å². The number of aromatic nitrogens is 2. The Labute approximate surface area is 161 Å². The number of hydrogen-bond donors (Lipinski definition) is 0. The maximum atomic E-state index is 12.9. The molecule has 0 N–H and O–H groups in total. The third kappa shape index (κ3) is 3.23. The standard InChI is InChI=1S/C19H21N5O4/c25-18(14-5-1-2-7-17(14)24(27)28)21-9-11-22(12-10-21)19(26)15-13-20-23-8-4-3-6-16(15)23/h1-2,5,7,13H,3-4,6,8-12H2. The molecule has 2 aliphatic rings. The molecule has 1 aromatic carbocycles. The smallest absolute Gasteiger partial charge is 0.282 e. The predicted molar refractivity (Wildman–Crippen MR) is 100 cm³/mol. The van der Waals surface area contributed by atoms with Crippen molar-refractivity contribution in [1.82, 2.24) is 19.6 Å². The molecule has 3 heterocycles. The molecule has 0 bridgehead atoms. The average molecular weight is 383 g/mol. The molecule has 9 heteroatoms. The van der Waals surface area contributed by atoms with Crippen LogP contribution in [0.1, 0.15) is 39.3 Å². The number of rotatable bonds is 3. The minimum absolute atomic E-state index is 0.0547. The summed E-state index contributed by atoms with van der Waals surface area (Å²) in [6.45, 7) is 2.34.